The number of azo groups is 1. The van der Waals surface area contributed by atoms with Crippen LogP contribution in [0.4, 0.5) is 11.4 Å². The fourth-order valence-electron chi connectivity index (χ4n) is 2.83. The van der Waals surface area contributed by atoms with E-state index in [0.29, 0.717) is 28.6 Å². The topological polar surface area (TPSA) is 107 Å². The first-order valence-corrected chi connectivity index (χ1v) is 9.90. The first-order chi connectivity index (χ1) is 13.7. The lowest BCUT2D eigenvalue weighted by molar-refractivity contribution is -0.116. The lowest BCUT2D eigenvalue weighted by Gasteiger charge is -2.07. The van der Waals surface area contributed by atoms with Gasteiger partial charge in [-0.15, -0.1) is 10.2 Å². The second-order valence-corrected chi connectivity index (χ2v) is 8.05. The van der Waals surface area contributed by atoms with Crippen LogP contribution in [0, 0.1) is 12.8 Å². The molecular weight excluding hydrogens is 436 g/mol. The van der Waals surface area contributed by atoms with Crippen molar-refractivity contribution in [2.24, 2.45) is 16.1 Å². The van der Waals surface area contributed by atoms with Crippen LogP contribution in [-0.4, -0.2) is 21.9 Å². The van der Waals surface area contributed by atoms with Crippen LogP contribution in [0.2, 0.25) is 0 Å². The second kappa shape index (κ2) is 8.57. The van der Waals surface area contributed by atoms with Crippen molar-refractivity contribution in [3.05, 3.63) is 52.0 Å². The molecular formula is C21H21BrN4O3. The van der Waals surface area contributed by atoms with Gasteiger partial charge in [0.15, 0.2) is 5.69 Å². The van der Waals surface area contributed by atoms with Crippen molar-refractivity contribution in [2.45, 2.75) is 27.2 Å². The molecule has 8 heteroatoms. The summed E-state index contributed by atoms with van der Waals surface area (Å²) in [7, 11) is 0. The third-order valence-corrected chi connectivity index (χ3v) is 5.14. The maximum Gasteiger partial charge on any atom is 0.295 e. The number of H-pyrrole nitrogens is 1. The fraction of sp³-hybridized carbons (Fsp3) is 0.238. The molecule has 7 nitrogen and oxygen atoms in total. The predicted molar refractivity (Wildman–Crippen MR) is 116 cm³/mol. The molecule has 2 aromatic carbocycles. The van der Waals surface area contributed by atoms with Crippen LogP contribution in [0.1, 0.15) is 36.2 Å². The molecule has 29 heavy (non-hydrogen) atoms. The molecule has 0 aliphatic carbocycles. The van der Waals surface area contributed by atoms with Crippen LogP contribution in [0.25, 0.3) is 10.9 Å². The molecule has 150 valence electrons. The first kappa shape index (κ1) is 20.7. The Morgan fingerprint density at radius 1 is 1.21 bits per heavy atom. The summed E-state index contributed by atoms with van der Waals surface area (Å²) in [5.41, 5.74) is 2.80. The largest absolute Gasteiger partial charge is 0.493 e. The summed E-state index contributed by atoms with van der Waals surface area (Å²) >= 11 is 3.44. The zero-order chi connectivity index (χ0) is 21.1. The summed E-state index contributed by atoms with van der Waals surface area (Å²) in [4.78, 5) is 27.0. The number of hydrogen-bond acceptors (Lipinski definition) is 4. The minimum Gasteiger partial charge on any atom is -0.493 e. The second-order valence-electron chi connectivity index (χ2n) is 7.20. The highest BCUT2D eigenvalue weighted by atomic mass is 79.9. The van der Waals surface area contributed by atoms with Crippen molar-refractivity contribution in [3.63, 3.8) is 0 Å². The van der Waals surface area contributed by atoms with Gasteiger partial charge in [-0.25, -0.2) is 0 Å². The van der Waals surface area contributed by atoms with Crippen molar-refractivity contribution >= 4 is 50.0 Å². The highest BCUT2D eigenvalue weighted by Gasteiger charge is 2.13. The summed E-state index contributed by atoms with van der Waals surface area (Å²) in [6.45, 7) is 5.86. The van der Waals surface area contributed by atoms with Crippen LogP contribution in [-0.2, 0) is 4.79 Å². The van der Waals surface area contributed by atoms with Gasteiger partial charge in [-0.05, 0) is 54.8 Å². The van der Waals surface area contributed by atoms with Crippen molar-refractivity contribution in [1.29, 1.82) is 0 Å². The van der Waals surface area contributed by atoms with Crippen molar-refractivity contribution in [2.75, 3.05) is 5.32 Å². The van der Waals surface area contributed by atoms with E-state index in [-0.39, 0.29) is 23.4 Å². The van der Waals surface area contributed by atoms with Gasteiger partial charge in [0.1, 0.15) is 0 Å². The maximum atomic E-state index is 12.3. The zero-order valence-corrected chi connectivity index (χ0v) is 17.9. The number of aromatic amines is 1. The van der Waals surface area contributed by atoms with Gasteiger partial charge in [0.05, 0.1) is 5.52 Å². The number of rotatable bonds is 5. The van der Waals surface area contributed by atoms with Crippen molar-refractivity contribution in [3.8, 4) is 5.88 Å². The van der Waals surface area contributed by atoms with Gasteiger partial charge >= 0.3 is 0 Å². The zero-order valence-electron chi connectivity index (χ0n) is 16.3. The smallest absolute Gasteiger partial charge is 0.295 e. The minimum atomic E-state index is -0.548. The van der Waals surface area contributed by atoms with E-state index in [2.05, 4.69) is 36.5 Å². The van der Waals surface area contributed by atoms with Crippen LogP contribution in [0.15, 0.2) is 51.1 Å². The molecule has 0 unspecified atom stereocenters. The van der Waals surface area contributed by atoms with E-state index >= 15 is 0 Å². The van der Waals surface area contributed by atoms with E-state index in [4.69, 9.17) is 0 Å². The van der Waals surface area contributed by atoms with Gasteiger partial charge in [0, 0.05) is 27.5 Å². The first-order valence-electron chi connectivity index (χ1n) is 9.11. The number of benzene rings is 2. The average molecular weight is 457 g/mol. The van der Waals surface area contributed by atoms with Crippen molar-refractivity contribution < 1.29 is 14.7 Å². The van der Waals surface area contributed by atoms with E-state index in [0.717, 1.165) is 10.0 Å². The van der Waals surface area contributed by atoms with E-state index < -0.39 is 5.91 Å². The molecule has 0 bridgehead atoms. The van der Waals surface area contributed by atoms with E-state index in [1.807, 2.05) is 32.9 Å². The Kier molecular flexibility index (Phi) is 6.12. The molecule has 0 fully saturated rings. The number of fused-ring (bicyclic) bond motifs is 1. The standard InChI is InChI=1S/C21H21BrN4O3/c1-11(2)8-18(27)23-14-6-4-13(5-7-14)20(28)26-25-19-15-9-12(3)16(22)10-17(15)24-21(19)29/h4-7,9-11,24,29H,8H2,1-3H3,(H,23,27). The number of halogens is 1. The van der Waals surface area contributed by atoms with Gasteiger partial charge in [0.2, 0.25) is 11.8 Å². The number of aromatic nitrogens is 1. The SMILES string of the molecule is Cc1cc2c(N=NC(=O)c3ccc(NC(=O)CC(C)C)cc3)c(O)[nH]c2cc1Br. The number of aromatic hydroxyl groups is 1. The number of nitrogens with one attached hydrogen (secondary N) is 2. The molecule has 0 spiro atoms. The van der Waals surface area contributed by atoms with Gasteiger partial charge in [0.25, 0.3) is 5.91 Å². The highest BCUT2D eigenvalue weighted by Crippen LogP contribution is 2.37. The van der Waals surface area contributed by atoms with Gasteiger partial charge in [-0.3, -0.25) is 9.59 Å². The Bertz CT molecular complexity index is 1100. The number of amides is 2. The Morgan fingerprint density at radius 3 is 2.55 bits per heavy atom. The Morgan fingerprint density at radius 2 is 1.90 bits per heavy atom. The van der Waals surface area contributed by atoms with Gasteiger partial charge in [-0.2, -0.15) is 0 Å². The number of hydrogen-bond donors (Lipinski definition) is 3. The molecule has 3 rings (SSSR count). The number of nitrogens with zero attached hydrogens (tertiary/aromatic N) is 2. The normalized spacial score (nSPS) is 11.5. The molecule has 0 radical (unpaired) electrons. The average Bonchev–Trinajstić information content (AvgIpc) is 2.94. The van der Waals surface area contributed by atoms with E-state index in [9.17, 15) is 14.7 Å². The molecule has 1 aromatic heterocycles. The number of anilines is 1. The predicted octanol–water partition coefficient (Wildman–Crippen LogP) is 5.85. The van der Waals surface area contributed by atoms with E-state index in [1.54, 1.807) is 24.3 Å². The Balaban J connectivity index is 1.76. The molecule has 2 amide bonds. The Labute approximate surface area is 176 Å². The van der Waals surface area contributed by atoms with E-state index in [1.165, 1.54) is 0 Å². The third kappa shape index (κ3) is 4.89. The van der Waals surface area contributed by atoms with Crippen molar-refractivity contribution in [1.82, 2.24) is 4.98 Å². The van der Waals surface area contributed by atoms with Crippen LogP contribution in [0.3, 0.4) is 0 Å². The molecule has 0 aliphatic heterocycles. The molecule has 0 saturated carbocycles. The number of carbonyl (C=O) groups is 2. The highest BCUT2D eigenvalue weighted by molar-refractivity contribution is 9.10. The summed E-state index contributed by atoms with van der Waals surface area (Å²) in [6.07, 6.45) is 0.430. The molecule has 0 saturated heterocycles. The lowest BCUT2D eigenvalue weighted by Crippen LogP contribution is -2.13. The minimum absolute atomic E-state index is 0.0736. The summed E-state index contributed by atoms with van der Waals surface area (Å²) in [5.74, 6) is -0.512. The Hall–Kier alpha value is -3.00. The molecule has 3 aromatic rings. The quantitative estimate of drug-likeness (QED) is 0.418. The van der Waals surface area contributed by atoms with Gasteiger partial charge in [-0.1, -0.05) is 29.8 Å². The van der Waals surface area contributed by atoms with Gasteiger partial charge < -0.3 is 15.4 Å². The maximum absolute atomic E-state index is 12.3. The van der Waals surface area contributed by atoms with Crippen LogP contribution in [0.5, 0.6) is 5.88 Å². The van der Waals surface area contributed by atoms with Crippen LogP contribution < -0.4 is 5.32 Å². The summed E-state index contributed by atoms with van der Waals surface area (Å²) < 4.78 is 0.895. The summed E-state index contributed by atoms with van der Waals surface area (Å²) in [6, 6.07) is 10.1. The fourth-order valence-corrected chi connectivity index (χ4v) is 3.17. The summed E-state index contributed by atoms with van der Waals surface area (Å²) in [5, 5.41) is 21.3. The molecule has 3 N–H and O–H groups in total. The molecule has 1 heterocycles. The third-order valence-electron chi connectivity index (χ3n) is 4.28. The monoisotopic (exact) mass is 456 g/mol. The lowest BCUT2D eigenvalue weighted by atomic mass is 10.1. The van der Waals surface area contributed by atoms with Crippen LogP contribution >= 0.6 is 15.9 Å². The number of aryl methyl sites for hydroxylation is 1. The molecule has 0 aliphatic rings. The molecule has 0 atom stereocenters. The number of carbonyl (C=O) groups excluding carboxylic acids is 2.